The van der Waals surface area contributed by atoms with E-state index < -0.39 is 12.6 Å². The molecule has 1 atom stereocenters. The van der Waals surface area contributed by atoms with Crippen LogP contribution in [0.4, 0.5) is 18.9 Å². The van der Waals surface area contributed by atoms with Gasteiger partial charge in [-0.1, -0.05) is 22.0 Å². The second kappa shape index (κ2) is 5.93. The second-order valence-corrected chi connectivity index (χ2v) is 5.14. The predicted octanol–water partition coefficient (Wildman–Crippen LogP) is 3.86. The van der Waals surface area contributed by atoms with Gasteiger partial charge in [-0.25, -0.2) is 0 Å². The van der Waals surface area contributed by atoms with Crippen LogP contribution in [0.2, 0.25) is 0 Å². The van der Waals surface area contributed by atoms with Crippen LogP contribution in [0.15, 0.2) is 22.7 Å². The zero-order valence-electron chi connectivity index (χ0n) is 10.3. The van der Waals surface area contributed by atoms with Crippen molar-refractivity contribution < 1.29 is 13.2 Å². The van der Waals surface area contributed by atoms with Crippen LogP contribution in [-0.4, -0.2) is 19.8 Å². The number of anilines is 1. The predicted molar refractivity (Wildman–Crippen MR) is 70.7 cm³/mol. The summed E-state index contributed by atoms with van der Waals surface area (Å²) in [7, 11) is 1.64. The molecule has 1 aromatic carbocycles. The summed E-state index contributed by atoms with van der Waals surface area (Å²) in [5.41, 5.74) is 7.43. The van der Waals surface area contributed by atoms with Crippen LogP contribution >= 0.6 is 15.9 Å². The number of benzene rings is 1. The van der Waals surface area contributed by atoms with E-state index in [9.17, 15) is 13.2 Å². The molecule has 0 bridgehead atoms. The van der Waals surface area contributed by atoms with E-state index in [1.165, 1.54) is 0 Å². The highest BCUT2D eigenvalue weighted by Crippen LogP contribution is 2.28. The van der Waals surface area contributed by atoms with E-state index in [4.69, 9.17) is 5.73 Å². The van der Waals surface area contributed by atoms with E-state index in [0.29, 0.717) is 0 Å². The molecule has 2 nitrogen and oxygen atoms in total. The van der Waals surface area contributed by atoms with Crippen molar-refractivity contribution in [2.24, 2.45) is 5.73 Å². The normalized spacial score (nSPS) is 13.5. The Labute approximate surface area is 113 Å². The SMILES string of the molecule is C[C@H](N)c1ccc(N(C)CCC(F)(F)F)cc1Br. The molecule has 0 fully saturated rings. The number of hydrogen-bond acceptors (Lipinski definition) is 2. The van der Waals surface area contributed by atoms with Crippen molar-refractivity contribution in [3.8, 4) is 0 Å². The van der Waals surface area contributed by atoms with Gasteiger partial charge in [-0.15, -0.1) is 0 Å². The van der Waals surface area contributed by atoms with Crippen LogP contribution in [0.25, 0.3) is 0 Å². The van der Waals surface area contributed by atoms with Gasteiger partial charge >= 0.3 is 6.18 Å². The van der Waals surface area contributed by atoms with Crippen molar-refractivity contribution in [3.63, 3.8) is 0 Å². The molecule has 102 valence electrons. The molecule has 0 unspecified atom stereocenters. The minimum atomic E-state index is -4.13. The lowest BCUT2D eigenvalue weighted by Crippen LogP contribution is -2.24. The maximum atomic E-state index is 12.1. The monoisotopic (exact) mass is 324 g/mol. The van der Waals surface area contributed by atoms with E-state index in [0.717, 1.165) is 15.7 Å². The molecule has 0 saturated carbocycles. The molecule has 1 aromatic rings. The molecular formula is C12H16BrF3N2. The summed E-state index contributed by atoms with van der Waals surface area (Å²) in [4.78, 5) is 1.57. The molecule has 0 spiro atoms. The highest BCUT2D eigenvalue weighted by atomic mass is 79.9. The van der Waals surface area contributed by atoms with Crippen molar-refractivity contribution in [2.45, 2.75) is 25.6 Å². The molecule has 6 heteroatoms. The van der Waals surface area contributed by atoms with Crippen LogP contribution in [-0.2, 0) is 0 Å². The Hall–Kier alpha value is -0.750. The van der Waals surface area contributed by atoms with Crippen LogP contribution < -0.4 is 10.6 Å². The van der Waals surface area contributed by atoms with E-state index in [1.807, 2.05) is 13.0 Å². The first kappa shape index (κ1) is 15.3. The average molecular weight is 325 g/mol. The van der Waals surface area contributed by atoms with Gasteiger partial charge < -0.3 is 10.6 Å². The second-order valence-electron chi connectivity index (χ2n) is 4.28. The summed E-state index contributed by atoms with van der Waals surface area (Å²) in [6.07, 6.45) is -4.95. The Balaban J connectivity index is 2.75. The number of nitrogens with zero attached hydrogens (tertiary/aromatic N) is 1. The Kier molecular flexibility index (Phi) is 5.04. The Bertz CT molecular complexity index is 405. The molecule has 0 heterocycles. The number of halogens is 4. The van der Waals surface area contributed by atoms with Crippen LogP contribution in [0.3, 0.4) is 0 Å². The van der Waals surface area contributed by atoms with Crippen molar-refractivity contribution in [1.82, 2.24) is 0 Å². The van der Waals surface area contributed by atoms with Crippen LogP contribution in [0.1, 0.15) is 24.9 Å². The van der Waals surface area contributed by atoms with Crippen molar-refractivity contribution >= 4 is 21.6 Å². The zero-order chi connectivity index (χ0) is 13.9. The van der Waals surface area contributed by atoms with Gasteiger partial charge in [0.15, 0.2) is 0 Å². The standard InChI is InChI=1S/C12H16BrF3N2/c1-8(17)10-4-3-9(7-11(10)13)18(2)6-5-12(14,15)16/h3-4,7-8H,5-6,17H2,1-2H3/t8-/m0/s1. The van der Waals surface area contributed by atoms with E-state index in [-0.39, 0.29) is 12.6 Å². The Morgan fingerprint density at radius 1 is 1.39 bits per heavy atom. The number of rotatable bonds is 4. The Morgan fingerprint density at radius 2 is 2.00 bits per heavy atom. The quantitative estimate of drug-likeness (QED) is 0.911. The Morgan fingerprint density at radius 3 is 2.44 bits per heavy atom. The van der Waals surface area contributed by atoms with Crippen molar-refractivity contribution in [3.05, 3.63) is 28.2 Å². The summed E-state index contributed by atoms with van der Waals surface area (Å²) in [6.45, 7) is 1.79. The van der Waals surface area contributed by atoms with E-state index in [1.54, 1.807) is 24.1 Å². The van der Waals surface area contributed by atoms with Gasteiger partial charge in [0, 0.05) is 29.8 Å². The number of nitrogens with two attached hydrogens (primary N) is 1. The van der Waals surface area contributed by atoms with Gasteiger partial charge in [-0.2, -0.15) is 13.2 Å². The molecule has 0 radical (unpaired) electrons. The minimum Gasteiger partial charge on any atom is -0.374 e. The van der Waals surface area contributed by atoms with E-state index >= 15 is 0 Å². The summed E-state index contributed by atoms with van der Waals surface area (Å²) in [5, 5.41) is 0. The summed E-state index contributed by atoms with van der Waals surface area (Å²) in [5.74, 6) is 0. The average Bonchev–Trinajstić information content (AvgIpc) is 2.24. The third-order valence-electron chi connectivity index (χ3n) is 2.65. The number of alkyl halides is 3. The maximum Gasteiger partial charge on any atom is 0.390 e. The largest absolute Gasteiger partial charge is 0.390 e. The molecule has 18 heavy (non-hydrogen) atoms. The molecule has 0 aliphatic heterocycles. The molecule has 0 aliphatic rings. The fourth-order valence-corrected chi connectivity index (χ4v) is 2.27. The first-order valence-electron chi connectivity index (χ1n) is 5.53. The first-order chi connectivity index (χ1) is 8.20. The van der Waals surface area contributed by atoms with E-state index in [2.05, 4.69) is 15.9 Å². The lowest BCUT2D eigenvalue weighted by molar-refractivity contribution is -0.132. The molecule has 2 N–H and O–H groups in total. The molecule has 0 amide bonds. The van der Waals surface area contributed by atoms with Crippen LogP contribution in [0.5, 0.6) is 0 Å². The fraction of sp³-hybridized carbons (Fsp3) is 0.500. The molecular weight excluding hydrogens is 309 g/mol. The summed E-state index contributed by atoms with van der Waals surface area (Å²) in [6, 6.07) is 5.28. The topological polar surface area (TPSA) is 29.3 Å². The van der Waals surface area contributed by atoms with Crippen molar-refractivity contribution in [1.29, 1.82) is 0 Å². The summed E-state index contributed by atoms with van der Waals surface area (Å²) >= 11 is 3.38. The third kappa shape index (κ3) is 4.49. The van der Waals surface area contributed by atoms with Crippen molar-refractivity contribution in [2.75, 3.05) is 18.5 Å². The van der Waals surface area contributed by atoms with Gasteiger partial charge in [-0.05, 0) is 24.6 Å². The molecule has 0 aliphatic carbocycles. The fourth-order valence-electron chi connectivity index (χ4n) is 1.55. The molecule has 0 saturated heterocycles. The smallest absolute Gasteiger partial charge is 0.374 e. The molecule has 0 aromatic heterocycles. The lowest BCUT2D eigenvalue weighted by Gasteiger charge is -2.21. The lowest BCUT2D eigenvalue weighted by atomic mass is 10.1. The highest BCUT2D eigenvalue weighted by Gasteiger charge is 2.27. The minimum absolute atomic E-state index is 0.0620. The number of hydrogen-bond donors (Lipinski definition) is 1. The van der Waals surface area contributed by atoms with Gasteiger partial charge in [0.05, 0.1) is 6.42 Å². The maximum absolute atomic E-state index is 12.1. The highest BCUT2D eigenvalue weighted by molar-refractivity contribution is 9.10. The third-order valence-corrected chi connectivity index (χ3v) is 3.33. The van der Waals surface area contributed by atoms with Gasteiger partial charge in [0.1, 0.15) is 0 Å². The van der Waals surface area contributed by atoms with Gasteiger partial charge in [0.25, 0.3) is 0 Å². The van der Waals surface area contributed by atoms with Gasteiger partial charge in [0.2, 0.25) is 0 Å². The first-order valence-corrected chi connectivity index (χ1v) is 6.33. The summed E-state index contributed by atoms with van der Waals surface area (Å²) < 4.78 is 37.2. The molecule has 1 rings (SSSR count). The van der Waals surface area contributed by atoms with Gasteiger partial charge in [-0.3, -0.25) is 0 Å². The van der Waals surface area contributed by atoms with Crippen LogP contribution in [0, 0.1) is 0 Å². The zero-order valence-corrected chi connectivity index (χ0v) is 11.8.